The molecule has 334 valence electrons. The van der Waals surface area contributed by atoms with Crippen molar-refractivity contribution in [2.24, 2.45) is 0 Å². The van der Waals surface area contributed by atoms with Gasteiger partial charge in [0.05, 0.1) is 10.8 Å². The number of para-hydroxylation sites is 4. The van der Waals surface area contributed by atoms with E-state index in [4.69, 9.17) is 0 Å². The zero-order valence-electron chi connectivity index (χ0n) is 40.3. The van der Waals surface area contributed by atoms with E-state index in [1.807, 2.05) is 0 Å². The predicted octanol–water partition coefficient (Wildman–Crippen LogP) is 13.7. The highest BCUT2D eigenvalue weighted by molar-refractivity contribution is 6.04. The number of likely N-dealkylation sites (N-methyl/N-ethyl adjacent to an activating group) is 2. The second-order valence-corrected chi connectivity index (χ2v) is 21.0. The third-order valence-electron chi connectivity index (χ3n) is 17.4. The van der Waals surface area contributed by atoms with Gasteiger partial charge in [0.2, 0.25) is 11.4 Å². The van der Waals surface area contributed by atoms with Crippen molar-refractivity contribution in [3.8, 4) is 0 Å². The molecule has 4 heterocycles. The molecule has 0 radical (unpaired) electrons. The fourth-order valence-corrected chi connectivity index (χ4v) is 14.2. The summed E-state index contributed by atoms with van der Waals surface area (Å²) in [7, 11) is 9.07. The van der Waals surface area contributed by atoms with Crippen LogP contribution in [0.1, 0.15) is 111 Å². The van der Waals surface area contributed by atoms with Crippen LogP contribution in [0.4, 0.5) is 22.7 Å². The smallest absolute Gasteiger partial charge is 0.209 e. The lowest BCUT2D eigenvalue weighted by Crippen LogP contribution is -2.36. The van der Waals surface area contributed by atoms with E-state index < -0.39 is 0 Å². The summed E-state index contributed by atoms with van der Waals surface area (Å²) in [6.07, 6.45) is 29.1. The molecular formula is C62H68N4+2. The van der Waals surface area contributed by atoms with E-state index in [2.05, 4.69) is 219 Å². The van der Waals surface area contributed by atoms with Crippen LogP contribution in [0.15, 0.2) is 169 Å². The van der Waals surface area contributed by atoms with Gasteiger partial charge < -0.3 is 9.80 Å². The molecule has 5 aromatic rings. The average Bonchev–Trinajstić information content (AvgIpc) is 3.88. The Hall–Kier alpha value is -6.00. The monoisotopic (exact) mass is 869 g/mol. The topological polar surface area (TPSA) is 12.5 Å². The van der Waals surface area contributed by atoms with Crippen LogP contribution in [-0.4, -0.2) is 48.8 Å². The lowest BCUT2D eigenvalue weighted by atomic mass is 9.67. The molecule has 5 aromatic carbocycles. The zero-order chi connectivity index (χ0) is 45.3. The second kappa shape index (κ2) is 16.4. The maximum atomic E-state index is 2.47. The third-order valence-corrected chi connectivity index (χ3v) is 17.4. The minimum absolute atomic E-state index is 0.116. The number of hydrogen-bond donors (Lipinski definition) is 0. The molecule has 2 atom stereocenters. The van der Waals surface area contributed by atoms with Crippen molar-refractivity contribution in [3.63, 3.8) is 0 Å². The van der Waals surface area contributed by atoms with Gasteiger partial charge in [0.25, 0.3) is 0 Å². The molecule has 2 unspecified atom stereocenters. The standard InChI is InChI=1S/C62H68N4/c1-59(47-23-9-13-27-51(47)63(3)55(59)31-21-33-57-61(39-17-7-18-40-61)49-25-11-15-29-53(49)65(57)5)43-45-35-37-46(38-36-45)44-60(2)48-24-10-14-28-52(48)64(4)56(60)32-22-34-58-62(41-19-8-20-42-62)50-26-12-16-30-54(50)66(58)6/h9-16,21-38H,7-8,17-20,39-44H2,1-6H3/q+2. The van der Waals surface area contributed by atoms with Crippen LogP contribution < -0.4 is 9.80 Å². The molecule has 2 aliphatic carbocycles. The van der Waals surface area contributed by atoms with Crippen molar-refractivity contribution in [1.82, 2.24) is 0 Å². The quantitative estimate of drug-likeness (QED) is 0.144. The molecule has 4 nitrogen and oxygen atoms in total. The van der Waals surface area contributed by atoms with Crippen molar-refractivity contribution in [2.45, 2.75) is 113 Å². The van der Waals surface area contributed by atoms with Gasteiger partial charge >= 0.3 is 0 Å². The van der Waals surface area contributed by atoms with Gasteiger partial charge in [0.15, 0.2) is 11.4 Å². The van der Waals surface area contributed by atoms with Gasteiger partial charge in [-0.3, -0.25) is 0 Å². The summed E-state index contributed by atoms with van der Waals surface area (Å²) in [5.74, 6) is 0. The lowest BCUT2D eigenvalue weighted by Gasteiger charge is -2.31. The highest BCUT2D eigenvalue weighted by atomic mass is 15.2. The van der Waals surface area contributed by atoms with Crippen LogP contribution in [0, 0.1) is 0 Å². The maximum absolute atomic E-state index is 2.47. The van der Waals surface area contributed by atoms with Gasteiger partial charge in [-0.15, -0.1) is 0 Å². The minimum Gasteiger partial charge on any atom is -0.347 e. The largest absolute Gasteiger partial charge is 0.347 e. The Labute approximate surface area is 394 Å². The van der Waals surface area contributed by atoms with Gasteiger partial charge in [-0.25, -0.2) is 0 Å². The molecular weight excluding hydrogens is 801 g/mol. The fraction of sp³-hybridized carbons (Fsp3) is 0.355. The molecule has 4 heteroatoms. The van der Waals surface area contributed by atoms with Crippen molar-refractivity contribution >= 4 is 34.2 Å². The van der Waals surface area contributed by atoms with Crippen molar-refractivity contribution in [1.29, 1.82) is 0 Å². The molecule has 0 saturated heterocycles. The Morgan fingerprint density at radius 2 is 0.803 bits per heavy atom. The van der Waals surface area contributed by atoms with E-state index >= 15 is 0 Å². The summed E-state index contributed by atoms with van der Waals surface area (Å²) in [5.41, 5.74) is 19.4. The van der Waals surface area contributed by atoms with Crippen LogP contribution in [0.25, 0.3) is 0 Å². The Balaban J connectivity index is 0.881. The first-order valence-corrected chi connectivity index (χ1v) is 25.0. The molecule has 6 aliphatic rings. The molecule has 4 aliphatic heterocycles. The molecule has 66 heavy (non-hydrogen) atoms. The van der Waals surface area contributed by atoms with Crippen LogP contribution in [0.3, 0.4) is 0 Å². The highest BCUT2D eigenvalue weighted by Crippen LogP contribution is 2.53. The van der Waals surface area contributed by atoms with E-state index in [-0.39, 0.29) is 21.7 Å². The third kappa shape index (κ3) is 6.52. The van der Waals surface area contributed by atoms with E-state index in [0.29, 0.717) is 0 Å². The molecule has 2 fully saturated rings. The van der Waals surface area contributed by atoms with Crippen LogP contribution >= 0.6 is 0 Å². The van der Waals surface area contributed by atoms with Gasteiger partial charge in [-0.1, -0.05) is 148 Å². The summed E-state index contributed by atoms with van der Waals surface area (Å²) in [6.45, 7) is 4.92. The SMILES string of the molecule is CN1/C(=C\C=C\C2=[N+](C)c3ccccc3C23CCCCC3)C(C)(Cc2ccc(CC3(C)/C(=C/C=C/C4=[N+](C)c5ccccc5C45CCCCC5)N(C)c4ccccc43)cc2)c2ccccc21. The average molecular weight is 869 g/mol. The lowest BCUT2D eigenvalue weighted by molar-refractivity contribution is -0.401. The first kappa shape index (κ1) is 42.6. The fourth-order valence-electron chi connectivity index (χ4n) is 14.2. The molecule has 0 aromatic heterocycles. The number of anilines is 2. The molecule has 0 amide bonds. The van der Waals surface area contributed by atoms with E-state index in [1.165, 1.54) is 143 Å². The molecule has 0 N–H and O–H groups in total. The predicted molar refractivity (Wildman–Crippen MR) is 277 cm³/mol. The van der Waals surface area contributed by atoms with Crippen molar-refractivity contribution < 1.29 is 9.15 Å². The summed E-state index contributed by atoms with van der Waals surface area (Å²) >= 11 is 0. The van der Waals surface area contributed by atoms with Gasteiger partial charge in [0, 0.05) is 83.1 Å². The maximum Gasteiger partial charge on any atom is 0.209 e. The second-order valence-electron chi connectivity index (χ2n) is 21.0. The van der Waals surface area contributed by atoms with Crippen molar-refractivity contribution in [3.05, 3.63) is 203 Å². The highest BCUT2D eigenvalue weighted by Gasteiger charge is 2.52. The van der Waals surface area contributed by atoms with E-state index in [1.54, 1.807) is 0 Å². The van der Waals surface area contributed by atoms with Gasteiger partial charge in [-0.05, 0) is 98.9 Å². The summed E-state index contributed by atoms with van der Waals surface area (Å²) in [4.78, 5) is 4.88. The number of allylic oxidation sites excluding steroid dienone is 8. The number of rotatable bonds is 8. The van der Waals surface area contributed by atoms with E-state index in [9.17, 15) is 0 Å². The Morgan fingerprint density at radius 3 is 1.20 bits per heavy atom. The van der Waals surface area contributed by atoms with Crippen LogP contribution in [0.2, 0.25) is 0 Å². The van der Waals surface area contributed by atoms with E-state index in [0.717, 1.165) is 12.8 Å². The molecule has 11 rings (SSSR count). The Kier molecular flexibility index (Phi) is 10.6. The molecule has 2 saturated carbocycles. The minimum atomic E-state index is -0.181. The van der Waals surface area contributed by atoms with Gasteiger partial charge in [0.1, 0.15) is 14.1 Å². The summed E-state index contributed by atoms with van der Waals surface area (Å²) in [5, 5.41) is 0. The number of benzene rings is 5. The normalized spacial score (nSPS) is 25.1. The Bertz CT molecular complexity index is 2710. The molecule has 0 bridgehead atoms. The number of nitrogens with zero attached hydrogens (tertiary/aromatic N) is 4. The summed E-state index contributed by atoms with van der Waals surface area (Å²) < 4.78 is 4.95. The van der Waals surface area contributed by atoms with Gasteiger partial charge in [-0.2, -0.15) is 9.15 Å². The Morgan fingerprint density at radius 1 is 0.455 bits per heavy atom. The zero-order valence-corrected chi connectivity index (χ0v) is 40.3. The first-order valence-electron chi connectivity index (χ1n) is 25.0. The van der Waals surface area contributed by atoms with Crippen LogP contribution in [0.5, 0.6) is 0 Å². The van der Waals surface area contributed by atoms with Crippen LogP contribution in [-0.2, 0) is 34.5 Å². The number of fused-ring (bicyclic) bond motifs is 6. The summed E-state index contributed by atoms with van der Waals surface area (Å²) in [6, 6.07) is 46.0. The first-order chi connectivity index (χ1) is 32.1. The number of hydrogen-bond acceptors (Lipinski definition) is 2. The molecule has 2 spiro atoms. The van der Waals surface area contributed by atoms with Crippen molar-refractivity contribution in [2.75, 3.05) is 38.0 Å².